The van der Waals surface area contributed by atoms with E-state index in [1.54, 1.807) is 0 Å². The van der Waals surface area contributed by atoms with E-state index >= 15 is 0 Å². The minimum Gasteiger partial charge on any atom is -0.466 e. The molecule has 1 atom stereocenters. The molecule has 1 aromatic carbocycles. The van der Waals surface area contributed by atoms with Gasteiger partial charge in [0.05, 0.1) is 11.1 Å². The summed E-state index contributed by atoms with van der Waals surface area (Å²) in [7, 11) is 0. The molecule has 0 aliphatic heterocycles. The van der Waals surface area contributed by atoms with Gasteiger partial charge in [0.15, 0.2) is 0 Å². The number of rotatable bonds is 3. The second-order valence-electron chi connectivity index (χ2n) is 4.36. The lowest BCUT2D eigenvalue weighted by Gasteiger charge is -2.15. The first-order valence-electron chi connectivity index (χ1n) is 5.76. The van der Waals surface area contributed by atoms with E-state index in [1.807, 2.05) is 32.0 Å². The molecule has 0 fully saturated rings. The highest BCUT2D eigenvalue weighted by Crippen LogP contribution is 2.29. The van der Waals surface area contributed by atoms with Crippen LogP contribution in [0.5, 0.6) is 0 Å². The van der Waals surface area contributed by atoms with Crippen LogP contribution in [0, 0.1) is 13.8 Å². The average Bonchev–Trinajstić information content (AvgIpc) is 2.63. The third-order valence-electron chi connectivity index (χ3n) is 2.85. The minimum atomic E-state index is 0.180. The van der Waals surface area contributed by atoms with Crippen molar-refractivity contribution in [2.24, 2.45) is 0 Å². The molecule has 0 saturated carbocycles. The molecule has 0 aliphatic carbocycles. The molecule has 18 heavy (non-hydrogen) atoms. The second-order valence-corrected chi connectivity index (χ2v) is 5.63. The van der Waals surface area contributed by atoms with Gasteiger partial charge in [-0.25, -0.2) is 0 Å². The number of benzene rings is 1. The molecule has 96 valence electrons. The van der Waals surface area contributed by atoms with E-state index in [4.69, 9.17) is 16.0 Å². The maximum atomic E-state index is 6.07. The summed E-state index contributed by atoms with van der Waals surface area (Å²) < 4.78 is 6.44. The van der Waals surface area contributed by atoms with Gasteiger partial charge in [-0.1, -0.05) is 11.6 Å². The molecule has 2 rings (SSSR count). The normalized spacial score (nSPS) is 12.5. The predicted octanol–water partition coefficient (Wildman–Crippen LogP) is 5.49. The van der Waals surface area contributed by atoms with Crippen LogP contribution in [0.25, 0.3) is 0 Å². The van der Waals surface area contributed by atoms with Crippen LogP contribution >= 0.6 is 27.5 Å². The predicted molar refractivity (Wildman–Crippen MR) is 79.4 cm³/mol. The van der Waals surface area contributed by atoms with Crippen molar-refractivity contribution in [3.63, 3.8) is 0 Å². The Balaban J connectivity index is 2.18. The molecule has 1 aromatic heterocycles. The average molecular weight is 329 g/mol. The lowest BCUT2D eigenvalue weighted by molar-refractivity contribution is 0.500. The summed E-state index contributed by atoms with van der Waals surface area (Å²) in [5.41, 5.74) is 2.17. The van der Waals surface area contributed by atoms with E-state index < -0.39 is 0 Å². The Morgan fingerprint density at radius 1 is 1.28 bits per heavy atom. The first-order valence-corrected chi connectivity index (χ1v) is 6.93. The topological polar surface area (TPSA) is 25.2 Å². The maximum absolute atomic E-state index is 6.07. The largest absolute Gasteiger partial charge is 0.466 e. The van der Waals surface area contributed by atoms with Gasteiger partial charge in [-0.2, -0.15) is 0 Å². The Morgan fingerprint density at radius 2 is 2.00 bits per heavy atom. The SMILES string of the molecule is Cc1cc(C(C)Nc2ccc(Br)c(Cl)c2)c(C)o1. The Labute approximate surface area is 120 Å². The van der Waals surface area contributed by atoms with Crippen LogP contribution in [0.1, 0.15) is 30.0 Å². The first-order chi connectivity index (χ1) is 8.47. The summed E-state index contributed by atoms with van der Waals surface area (Å²) in [5.74, 6) is 1.89. The standard InChI is InChI=1S/C14H15BrClNO/c1-8-6-12(10(3)18-8)9(2)17-11-4-5-13(15)14(16)7-11/h4-7,9,17H,1-3H3. The highest BCUT2D eigenvalue weighted by Gasteiger charge is 2.12. The van der Waals surface area contributed by atoms with Crippen LogP contribution in [0.15, 0.2) is 33.2 Å². The lowest BCUT2D eigenvalue weighted by Crippen LogP contribution is -2.06. The fourth-order valence-corrected chi connectivity index (χ4v) is 2.42. The van der Waals surface area contributed by atoms with E-state index in [2.05, 4.69) is 34.2 Å². The maximum Gasteiger partial charge on any atom is 0.106 e. The van der Waals surface area contributed by atoms with E-state index in [9.17, 15) is 0 Å². The molecule has 4 heteroatoms. The molecule has 0 amide bonds. The van der Waals surface area contributed by atoms with Gasteiger partial charge in [-0.05, 0) is 61.0 Å². The van der Waals surface area contributed by atoms with Gasteiger partial charge in [0.1, 0.15) is 11.5 Å². The van der Waals surface area contributed by atoms with Crippen LogP contribution in [0.3, 0.4) is 0 Å². The van der Waals surface area contributed by atoms with E-state index in [0.29, 0.717) is 5.02 Å². The lowest BCUT2D eigenvalue weighted by atomic mass is 10.1. The fourth-order valence-electron chi connectivity index (χ4n) is 1.99. The first kappa shape index (κ1) is 13.5. The Hall–Kier alpha value is -0.930. The number of furan rings is 1. The number of hydrogen-bond acceptors (Lipinski definition) is 2. The number of nitrogens with one attached hydrogen (secondary N) is 1. The van der Waals surface area contributed by atoms with Crippen molar-refractivity contribution in [1.82, 2.24) is 0 Å². The highest BCUT2D eigenvalue weighted by atomic mass is 79.9. The fraction of sp³-hybridized carbons (Fsp3) is 0.286. The molecular formula is C14H15BrClNO. The van der Waals surface area contributed by atoms with Crippen LogP contribution in [-0.2, 0) is 0 Å². The van der Waals surface area contributed by atoms with Crippen molar-refractivity contribution in [2.75, 3.05) is 5.32 Å². The summed E-state index contributed by atoms with van der Waals surface area (Å²) in [5, 5.41) is 4.12. The zero-order valence-corrected chi connectivity index (χ0v) is 12.9. The Morgan fingerprint density at radius 3 is 2.56 bits per heavy atom. The third-order valence-corrected chi connectivity index (χ3v) is 4.08. The van der Waals surface area contributed by atoms with Crippen molar-refractivity contribution in [1.29, 1.82) is 0 Å². The van der Waals surface area contributed by atoms with Gasteiger partial charge < -0.3 is 9.73 Å². The summed E-state index contributed by atoms with van der Waals surface area (Å²) >= 11 is 9.45. The smallest absolute Gasteiger partial charge is 0.106 e. The molecule has 1 unspecified atom stereocenters. The molecule has 0 radical (unpaired) electrons. The van der Waals surface area contributed by atoms with Gasteiger partial charge in [-0.3, -0.25) is 0 Å². The zero-order chi connectivity index (χ0) is 13.3. The number of hydrogen-bond donors (Lipinski definition) is 1. The van der Waals surface area contributed by atoms with Crippen molar-refractivity contribution in [3.8, 4) is 0 Å². The van der Waals surface area contributed by atoms with Gasteiger partial charge in [0.2, 0.25) is 0 Å². The molecular weight excluding hydrogens is 314 g/mol. The molecule has 0 saturated heterocycles. The molecule has 2 nitrogen and oxygen atoms in total. The molecule has 2 aromatic rings. The van der Waals surface area contributed by atoms with Crippen molar-refractivity contribution < 1.29 is 4.42 Å². The van der Waals surface area contributed by atoms with Gasteiger partial charge in [0.25, 0.3) is 0 Å². The van der Waals surface area contributed by atoms with Crippen molar-refractivity contribution >= 4 is 33.2 Å². The highest BCUT2D eigenvalue weighted by molar-refractivity contribution is 9.10. The molecule has 0 aliphatic rings. The molecule has 1 N–H and O–H groups in total. The van der Waals surface area contributed by atoms with E-state index in [0.717, 1.165) is 21.7 Å². The van der Waals surface area contributed by atoms with Gasteiger partial charge in [-0.15, -0.1) is 0 Å². The van der Waals surface area contributed by atoms with Crippen LogP contribution in [0.2, 0.25) is 5.02 Å². The Bertz CT molecular complexity index is 565. The summed E-state index contributed by atoms with van der Waals surface area (Å²) in [4.78, 5) is 0. The van der Waals surface area contributed by atoms with Crippen LogP contribution in [0.4, 0.5) is 5.69 Å². The Kier molecular flexibility index (Phi) is 4.03. The third kappa shape index (κ3) is 2.90. The van der Waals surface area contributed by atoms with Crippen molar-refractivity contribution in [2.45, 2.75) is 26.8 Å². The molecule has 0 bridgehead atoms. The van der Waals surface area contributed by atoms with E-state index in [1.165, 1.54) is 5.56 Å². The summed E-state index contributed by atoms with van der Waals surface area (Å²) in [6.45, 7) is 6.04. The van der Waals surface area contributed by atoms with E-state index in [-0.39, 0.29) is 6.04 Å². The van der Waals surface area contributed by atoms with Crippen LogP contribution in [-0.4, -0.2) is 0 Å². The number of aryl methyl sites for hydroxylation is 2. The molecule has 1 heterocycles. The molecule has 0 spiro atoms. The van der Waals surface area contributed by atoms with Crippen LogP contribution < -0.4 is 5.32 Å². The zero-order valence-electron chi connectivity index (χ0n) is 10.6. The number of anilines is 1. The van der Waals surface area contributed by atoms with Gasteiger partial charge in [0, 0.05) is 15.7 Å². The summed E-state index contributed by atoms with van der Waals surface area (Å²) in [6.07, 6.45) is 0. The van der Waals surface area contributed by atoms with Gasteiger partial charge >= 0.3 is 0 Å². The minimum absolute atomic E-state index is 0.180. The summed E-state index contributed by atoms with van der Waals surface area (Å²) in [6, 6.07) is 8.08. The quantitative estimate of drug-likeness (QED) is 0.806. The second kappa shape index (κ2) is 5.37. The van der Waals surface area contributed by atoms with Crippen molar-refractivity contribution in [3.05, 3.63) is 50.8 Å². The monoisotopic (exact) mass is 327 g/mol. The number of halogens is 2.